The fourth-order valence-electron chi connectivity index (χ4n) is 2.70. The number of hydrogen-bond donors (Lipinski definition) is 1. The predicted octanol–water partition coefficient (Wildman–Crippen LogP) is 2.69. The van der Waals surface area contributed by atoms with Crippen LogP contribution in [0.1, 0.15) is 37.0 Å². The molecule has 1 unspecified atom stereocenters. The topological polar surface area (TPSA) is 45.2 Å². The number of pyridine rings is 1. The molecule has 1 atom stereocenters. The van der Waals surface area contributed by atoms with Crippen LogP contribution in [0.25, 0.3) is 0 Å². The Morgan fingerprint density at radius 2 is 2.15 bits per heavy atom. The molecule has 5 heteroatoms. The van der Waals surface area contributed by atoms with Crippen molar-refractivity contribution >= 4 is 21.8 Å². The first-order valence-corrected chi connectivity index (χ1v) is 8.01. The van der Waals surface area contributed by atoms with E-state index in [1.165, 1.54) is 12.8 Å². The number of nitrogens with zero attached hydrogens (tertiary/aromatic N) is 2. The molecule has 1 fully saturated rings. The van der Waals surface area contributed by atoms with Crippen LogP contribution >= 0.6 is 15.9 Å². The van der Waals surface area contributed by atoms with Gasteiger partial charge in [0, 0.05) is 24.3 Å². The highest BCUT2D eigenvalue weighted by Gasteiger charge is 2.24. The summed E-state index contributed by atoms with van der Waals surface area (Å²) in [5, 5.41) is 3.06. The molecule has 1 saturated heterocycles. The van der Waals surface area contributed by atoms with Crippen LogP contribution in [0.4, 0.5) is 0 Å². The summed E-state index contributed by atoms with van der Waals surface area (Å²) in [6, 6.07) is 3.90. The summed E-state index contributed by atoms with van der Waals surface area (Å²) in [7, 11) is 0. The van der Waals surface area contributed by atoms with E-state index in [2.05, 4.69) is 45.0 Å². The van der Waals surface area contributed by atoms with Gasteiger partial charge in [0.25, 0.3) is 5.91 Å². The van der Waals surface area contributed by atoms with E-state index in [1.54, 1.807) is 18.3 Å². The molecule has 0 bridgehead atoms. The van der Waals surface area contributed by atoms with Crippen LogP contribution in [0.3, 0.4) is 0 Å². The number of rotatable bonds is 5. The van der Waals surface area contributed by atoms with E-state index < -0.39 is 0 Å². The van der Waals surface area contributed by atoms with Crippen molar-refractivity contribution in [2.24, 2.45) is 5.92 Å². The molecule has 1 aliphatic rings. The van der Waals surface area contributed by atoms with Crippen LogP contribution < -0.4 is 5.32 Å². The van der Waals surface area contributed by atoms with Crippen LogP contribution in [0.5, 0.6) is 0 Å². The molecule has 0 radical (unpaired) electrons. The zero-order chi connectivity index (χ0) is 14.5. The number of carbonyl (C=O) groups excluding carboxylic acids is 1. The molecule has 0 aromatic carbocycles. The molecule has 0 spiro atoms. The van der Waals surface area contributed by atoms with Crippen molar-refractivity contribution < 1.29 is 4.79 Å². The van der Waals surface area contributed by atoms with Gasteiger partial charge in [0.1, 0.15) is 4.60 Å². The highest BCUT2D eigenvalue weighted by molar-refractivity contribution is 9.10. The molecule has 1 aromatic heterocycles. The number of nitrogens with one attached hydrogen (secondary N) is 1. The minimum Gasteiger partial charge on any atom is -0.350 e. The summed E-state index contributed by atoms with van der Waals surface area (Å²) < 4.78 is 0.685. The molecule has 20 heavy (non-hydrogen) atoms. The summed E-state index contributed by atoms with van der Waals surface area (Å²) in [4.78, 5) is 18.7. The molecular formula is C15H22BrN3O. The van der Waals surface area contributed by atoms with E-state index in [1.807, 2.05) is 0 Å². The van der Waals surface area contributed by atoms with Gasteiger partial charge in [-0.3, -0.25) is 9.69 Å². The van der Waals surface area contributed by atoms with E-state index in [9.17, 15) is 4.79 Å². The van der Waals surface area contributed by atoms with Gasteiger partial charge in [0.15, 0.2) is 0 Å². The first-order chi connectivity index (χ1) is 9.58. The number of hydrogen-bond acceptors (Lipinski definition) is 3. The maximum Gasteiger partial charge on any atom is 0.251 e. The lowest BCUT2D eigenvalue weighted by Crippen LogP contribution is -2.45. The van der Waals surface area contributed by atoms with E-state index in [-0.39, 0.29) is 5.91 Å². The lowest BCUT2D eigenvalue weighted by molar-refractivity contribution is 0.0927. The molecule has 0 aliphatic carbocycles. The molecule has 110 valence electrons. The van der Waals surface area contributed by atoms with Crippen LogP contribution in [0.15, 0.2) is 22.9 Å². The maximum atomic E-state index is 12.2. The van der Waals surface area contributed by atoms with Crippen molar-refractivity contribution in [2.75, 3.05) is 19.6 Å². The first-order valence-electron chi connectivity index (χ1n) is 7.21. The van der Waals surface area contributed by atoms with E-state index in [4.69, 9.17) is 0 Å². The monoisotopic (exact) mass is 339 g/mol. The fraction of sp³-hybridized carbons (Fsp3) is 0.600. The van der Waals surface area contributed by atoms with Gasteiger partial charge in [-0.05, 0) is 59.9 Å². The van der Waals surface area contributed by atoms with Crippen molar-refractivity contribution in [3.8, 4) is 0 Å². The zero-order valence-electron chi connectivity index (χ0n) is 12.1. The Labute approximate surface area is 129 Å². The third kappa shape index (κ3) is 4.03. The Morgan fingerprint density at radius 1 is 1.45 bits per heavy atom. The Bertz CT molecular complexity index is 458. The Morgan fingerprint density at radius 3 is 2.75 bits per heavy atom. The lowest BCUT2D eigenvalue weighted by atomic mass is 10.0. The van der Waals surface area contributed by atoms with Gasteiger partial charge in [0.2, 0.25) is 0 Å². The quantitative estimate of drug-likeness (QED) is 0.839. The molecule has 4 nitrogen and oxygen atoms in total. The van der Waals surface area contributed by atoms with Crippen molar-refractivity contribution in [3.05, 3.63) is 28.5 Å². The maximum absolute atomic E-state index is 12.2. The second-order valence-electron chi connectivity index (χ2n) is 5.63. The van der Waals surface area contributed by atoms with Crippen LogP contribution in [0, 0.1) is 5.92 Å². The first kappa shape index (κ1) is 15.4. The van der Waals surface area contributed by atoms with Gasteiger partial charge >= 0.3 is 0 Å². The van der Waals surface area contributed by atoms with E-state index in [0.29, 0.717) is 28.7 Å². The summed E-state index contributed by atoms with van der Waals surface area (Å²) in [6.07, 6.45) is 4.18. The predicted molar refractivity (Wildman–Crippen MR) is 83.7 cm³/mol. The molecule has 1 aliphatic heterocycles. The second kappa shape index (κ2) is 7.18. The van der Waals surface area contributed by atoms with Crippen molar-refractivity contribution in [1.29, 1.82) is 0 Å². The van der Waals surface area contributed by atoms with Crippen LogP contribution in [0.2, 0.25) is 0 Å². The zero-order valence-corrected chi connectivity index (χ0v) is 13.7. The Kier molecular flexibility index (Phi) is 5.54. The van der Waals surface area contributed by atoms with Gasteiger partial charge in [-0.1, -0.05) is 13.8 Å². The highest BCUT2D eigenvalue weighted by atomic mass is 79.9. The third-order valence-electron chi connectivity index (χ3n) is 3.84. The molecule has 2 heterocycles. The van der Waals surface area contributed by atoms with Gasteiger partial charge < -0.3 is 5.32 Å². The smallest absolute Gasteiger partial charge is 0.251 e. The van der Waals surface area contributed by atoms with Gasteiger partial charge in [0.05, 0.1) is 0 Å². The normalized spacial score (nSPS) is 17.4. The standard InChI is InChI=1S/C15H22BrN3O/c1-11(2)13(19-7-3-4-8-19)10-18-15(20)12-5-6-17-14(16)9-12/h5-6,9,11,13H,3-4,7-8,10H2,1-2H3,(H,18,20). The number of aromatic nitrogens is 1. The second-order valence-corrected chi connectivity index (χ2v) is 6.44. The third-order valence-corrected chi connectivity index (χ3v) is 4.27. The lowest BCUT2D eigenvalue weighted by Gasteiger charge is -2.31. The number of carbonyl (C=O) groups is 1. The number of halogens is 1. The molecule has 1 N–H and O–H groups in total. The minimum atomic E-state index is -0.0297. The molecule has 1 aromatic rings. The average Bonchev–Trinajstić information content (AvgIpc) is 2.92. The number of amides is 1. The average molecular weight is 340 g/mol. The van der Waals surface area contributed by atoms with Crippen LogP contribution in [-0.4, -0.2) is 41.5 Å². The largest absolute Gasteiger partial charge is 0.350 e. The van der Waals surface area contributed by atoms with E-state index in [0.717, 1.165) is 13.1 Å². The summed E-state index contributed by atoms with van der Waals surface area (Å²) in [5.74, 6) is 0.510. The molecule has 0 saturated carbocycles. The van der Waals surface area contributed by atoms with Crippen molar-refractivity contribution in [1.82, 2.24) is 15.2 Å². The van der Waals surface area contributed by atoms with Crippen LogP contribution in [-0.2, 0) is 0 Å². The molecule has 2 rings (SSSR count). The summed E-state index contributed by atoms with van der Waals surface area (Å²) in [6.45, 7) is 7.45. The van der Waals surface area contributed by atoms with Crippen molar-refractivity contribution in [3.63, 3.8) is 0 Å². The Hall–Kier alpha value is -0.940. The number of likely N-dealkylation sites (tertiary alicyclic amines) is 1. The van der Waals surface area contributed by atoms with E-state index >= 15 is 0 Å². The van der Waals surface area contributed by atoms with Crippen molar-refractivity contribution in [2.45, 2.75) is 32.7 Å². The highest BCUT2D eigenvalue weighted by Crippen LogP contribution is 2.17. The minimum absolute atomic E-state index is 0.0297. The Balaban J connectivity index is 1.93. The SMILES string of the molecule is CC(C)C(CNC(=O)c1ccnc(Br)c1)N1CCCC1. The van der Waals surface area contributed by atoms with Gasteiger partial charge in [-0.2, -0.15) is 0 Å². The fourth-order valence-corrected chi connectivity index (χ4v) is 3.07. The summed E-state index contributed by atoms with van der Waals surface area (Å²) in [5.41, 5.74) is 0.649. The molecule has 1 amide bonds. The summed E-state index contributed by atoms with van der Waals surface area (Å²) >= 11 is 3.29. The van der Waals surface area contributed by atoms with Gasteiger partial charge in [-0.15, -0.1) is 0 Å². The van der Waals surface area contributed by atoms with Gasteiger partial charge in [-0.25, -0.2) is 4.98 Å². The molecular weight excluding hydrogens is 318 g/mol.